The molecule has 2 aromatic carbocycles. The zero-order valence-corrected chi connectivity index (χ0v) is 17.1. The average Bonchev–Trinajstić information content (AvgIpc) is 2.64. The summed E-state index contributed by atoms with van der Waals surface area (Å²) in [6.07, 6.45) is 0. The summed E-state index contributed by atoms with van der Waals surface area (Å²) in [6, 6.07) is 10.8. The lowest BCUT2D eigenvalue weighted by atomic mass is 10.2. The molecule has 1 amide bonds. The molecule has 2 aromatic rings. The van der Waals surface area contributed by atoms with E-state index in [1.807, 2.05) is 20.8 Å². The molecule has 0 radical (unpaired) electrons. The maximum atomic E-state index is 12.8. The smallest absolute Gasteiger partial charge is 0.263 e. The van der Waals surface area contributed by atoms with Gasteiger partial charge in [-0.1, -0.05) is 11.6 Å². The van der Waals surface area contributed by atoms with Gasteiger partial charge in [0.1, 0.15) is 10.6 Å². The number of amides is 1. The van der Waals surface area contributed by atoms with Crippen molar-refractivity contribution < 1.29 is 17.9 Å². The second kappa shape index (κ2) is 9.10. The van der Waals surface area contributed by atoms with Crippen LogP contribution < -0.4 is 9.46 Å². The second-order valence-corrected chi connectivity index (χ2v) is 7.74. The van der Waals surface area contributed by atoms with Gasteiger partial charge in [0, 0.05) is 24.3 Å². The first-order valence-electron chi connectivity index (χ1n) is 8.66. The van der Waals surface area contributed by atoms with Crippen LogP contribution >= 0.6 is 11.6 Å². The van der Waals surface area contributed by atoms with E-state index in [1.54, 1.807) is 29.2 Å². The van der Waals surface area contributed by atoms with Crippen LogP contribution in [0, 0.1) is 0 Å². The summed E-state index contributed by atoms with van der Waals surface area (Å²) in [5.74, 6) is 0.402. The number of nitrogens with one attached hydrogen (secondary N) is 1. The summed E-state index contributed by atoms with van der Waals surface area (Å²) in [6.45, 7) is 7.18. The molecule has 0 saturated carbocycles. The SMILES string of the molecule is CCOc1ccc(NS(=O)(=O)c2cc(C(=O)N(CC)CC)ccc2Cl)cc1. The van der Waals surface area contributed by atoms with Crippen LogP contribution in [0.5, 0.6) is 5.75 Å². The molecule has 0 unspecified atom stereocenters. The molecule has 2 rings (SSSR count). The zero-order valence-electron chi connectivity index (χ0n) is 15.5. The van der Waals surface area contributed by atoms with E-state index in [0.717, 1.165) is 0 Å². The predicted octanol–water partition coefficient (Wildman–Crippen LogP) is 4.02. The molecule has 146 valence electrons. The molecule has 0 aliphatic heterocycles. The van der Waals surface area contributed by atoms with Crippen molar-refractivity contribution in [2.24, 2.45) is 0 Å². The number of rotatable bonds is 8. The zero-order chi connectivity index (χ0) is 20.0. The number of carbonyl (C=O) groups excluding carboxylic acids is 1. The van der Waals surface area contributed by atoms with Crippen molar-refractivity contribution >= 4 is 33.2 Å². The summed E-state index contributed by atoms with van der Waals surface area (Å²) >= 11 is 6.10. The van der Waals surface area contributed by atoms with E-state index in [2.05, 4.69) is 4.72 Å². The first-order valence-corrected chi connectivity index (χ1v) is 10.5. The highest BCUT2D eigenvalue weighted by atomic mass is 35.5. The number of hydrogen-bond acceptors (Lipinski definition) is 4. The Morgan fingerprint density at radius 3 is 2.26 bits per heavy atom. The van der Waals surface area contributed by atoms with E-state index in [-0.39, 0.29) is 21.4 Å². The van der Waals surface area contributed by atoms with Crippen molar-refractivity contribution in [3.05, 3.63) is 53.1 Å². The van der Waals surface area contributed by atoms with Crippen molar-refractivity contribution in [1.29, 1.82) is 0 Å². The Kier molecular flexibility index (Phi) is 7.10. The largest absolute Gasteiger partial charge is 0.494 e. The minimum Gasteiger partial charge on any atom is -0.494 e. The van der Waals surface area contributed by atoms with Crippen molar-refractivity contribution in [3.8, 4) is 5.75 Å². The van der Waals surface area contributed by atoms with Gasteiger partial charge in [-0.15, -0.1) is 0 Å². The molecule has 8 heteroatoms. The molecule has 6 nitrogen and oxygen atoms in total. The highest BCUT2D eigenvalue weighted by Crippen LogP contribution is 2.26. The first-order chi connectivity index (χ1) is 12.8. The fourth-order valence-corrected chi connectivity index (χ4v) is 4.12. The summed E-state index contributed by atoms with van der Waals surface area (Å²) in [4.78, 5) is 14.0. The van der Waals surface area contributed by atoms with Crippen molar-refractivity contribution in [1.82, 2.24) is 4.90 Å². The lowest BCUT2D eigenvalue weighted by molar-refractivity contribution is 0.0772. The molecule has 0 saturated heterocycles. The molecule has 1 N–H and O–H groups in total. The van der Waals surface area contributed by atoms with Gasteiger partial charge in [-0.3, -0.25) is 9.52 Å². The maximum Gasteiger partial charge on any atom is 0.263 e. The molecule has 0 aliphatic carbocycles. The number of anilines is 1. The lowest BCUT2D eigenvalue weighted by Gasteiger charge is -2.19. The molecular weight excluding hydrogens is 388 g/mol. The number of hydrogen-bond donors (Lipinski definition) is 1. The van der Waals surface area contributed by atoms with Gasteiger partial charge in [-0.2, -0.15) is 0 Å². The van der Waals surface area contributed by atoms with Crippen LogP contribution in [0.2, 0.25) is 5.02 Å². The van der Waals surface area contributed by atoms with Gasteiger partial charge in [0.2, 0.25) is 0 Å². The van der Waals surface area contributed by atoms with E-state index in [4.69, 9.17) is 16.3 Å². The standard InChI is InChI=1S/C19H23ClN2O4S/c1-4-22(5-2)19(23)14-7-12-17(20)18(13-14)27(24,25)21-15-8-10-16(11-9-15)26-6-3/h7-13,21H,4-6H2,1-3H3. The Morgan fingerprint density at radius 1 is 1.07 bits per heavy atom. The minimum atomic E-state index is -3.96. The summed E-state index contributed by atoms with van der Waals surface area (Å²) in [5.41, 5.74) is 0.644. The summed E-state index contributed by atoms with van der Waals surface area (Å²) < 4.78 is 33.3. The van der Waals surface area contributed by atoms with Crippen LogP contribution in [0.4, 0.5) is 5.69 Å². The fourth-order valence-electron chi connectivity index (χ4n) is 2.53. The van der Waals surface area contributed by atoms with E-state index in [9.17, 15) is 13.2 Å². The van der Waals surface area contributed by atoms with Crippen molar-refractivity contribution in [2.45, 2.75) is 25.7 Å². The summed E-state index contributed by atoms with van der Waals surface area (Å²) in [7, 11) is -3.96. The number of sulfonamides is 1. The third-order valence-electron chi connectivity index (χ3n) is 3.94. The average molecular weight is 411 g/mol. The van der Waals surface area contributed by atoms with Crippen LogP contribution in [0.3, 0.4) is 0 Å². The van der Waals surface area contributed by atoms with E-state index >= 15 is 0 Å². The first kappa shape index (κ1) is 21.1. The molecular formula is C19H23ClN2O4S. The molecule has 0 bridgehead atoms. The monoisotopic (exact) mass is 410 g/mol. The minimum absolute atomic E-state index is 0.0459. The van der Waals surface area contributed by atoms with Crippen LogP contribution in [0.25, 0.3) is 0 Å². The molecule has 0 aliphatic rings. The number of nitrogens with zero attached hydrogens (tertiary/aromatic N) is 1. The van der Waals surface area contributed by atoms with Crippen LogP contribution in [-0.2, 0) is 10.0 Å². The lowest BCUT2D eigenvalue weighted by Crippen LogP contribution is -2.30. The number of benzene rings is 2. The Labute approximate surface area is 165 Å². The molecule has 0 aromatic heterocycles. The van der Waals surface area contributed by atoms with Crippen molar-refractivity contribution in [3.63, 3.8) is 0 Å². The normalized spacial score (nSPS) is 11.1. The highest BCUT2D eigenvalue weighted by Gasteiger charge is 2.22. The number of halogens is 1. The Hall–Kier alpha value is -2.25. The number of ether oxygens (including phenoxy) is 1. The van der Waals surface area contributed by atoms with Gasteiger partial charge in [-0.05, 0) is 63.2 Å². The Balaban J connectivity index is 2.32. The predicted molar refractivity (Wildman–Crippen MR) is 107 cm³/mol. The topological polar surface area (TPSA) is 75.7 Å². The van der Waals surface area contributed by atoms with Crippen LogP contribution in [0.15, 0.2) is 47.4 Å². The number of carbonyl (C=O) groups is 1. The molecule has 0 atom stereocenters. The Bertz CT molecular complexity index is 894. The van der Waals surface area contributed by atoms with Gasteiger partial charge in [0.15, 0.2) is 0 Å². The van der Waals surface area contributed by atoms with Gasteiger partial charge in [-0.25, -0.2) is 8.42 Å². The molecule has 0 heterocycles. The van der Waals surface area contributed by atoms with E-state index < -0.39 is 10.0 Å². The van der Waals surface area contributed by atoms with E-state index in [0.29, 0.717) is 31.1 Å². The maximum absolute atomic E-state index is 12.8. The van der Waals surface area contributed by atoms with Gasteiger partial charge in [0.05, 0.1) is 11.6 Å². The fraction of sp³-hybridized carbons (Fsp3) is 0.316. The van der Waals surface area contributed by atoms with Crippen LogP contribution in [-0.4, -0.2) is 38.9 Å². The highest BCUT2D eigenvalue weighted by molar-refractivity contribution is 7.92. The van der Waals surface area contributed by atoms with E-state index in [1.165, 1.54) is 18.2 Å². The Morgan fingerprint density at radius 2 is 1.70 bits per heavy atom. The molecule has 27 heavy (non-hydrogen) atoms. The van der Waals surface area contributed by atoms with Gasteiger partial charge in [0.25, 0.3) is 15.9 Å². The van der Waals surface area contributed by atoms with Crippen LogP contribution in [0.1, 0.15) is 31.1 Å². The molecule has 0 spiro atoms. The van der Waals surface area contributed by atoms with Gasteiger partial charge < -0.3 is 9.64 Å². The quantitative estimate of drug-likeness (QED) is 0.713. The molecule has 0 fully saturated rings. The third kappa shape index (κ3) is 5.14. The second-order valence-electron chi connectivity index (χ2n) is 5.69. The van der Waals surface area contributed by atoms with Gasteiger partial charge >= 0.3 is 0 Å². The summed E-state index contributed by atoms with van der Waals surface area (Å²) in [5, 5.41) is 0.0459. The van der Waals surface area contributed by atoms with Crippen molar-refractivity contribution in [2.75, 3.05) is 24.4 Å². The third-order valence-corrected chi connectivity index (χ3v) is 5.80.